The Morgan fingerprint density at radius 2 is 1.39 bits per heavy atom. The number of carbonyl (C=O) groups excluding carboxylic acids is 2. The number of nitrogens with zero attached hydrogens (tertiary/aromatic N) is 1. The van der Waals surface area contributed by atoms with E-state index in [1.54, 1.807) is 0 Å². The number of Topliss-reactive ketones (excluding diaryl/α,β-unsaturated/α-hetero) is 2. The predicted octanol–water partition coefficient (Wildman–Crippen LogP) is 6.23. The molecule has 3 aromatic carbocycles. The van der Waals surface area contributed by atoms with Gasteiger partial charge in [0.25, 0.3) is 0 Å². The number of benzene rings is 3. The van der Waals surface area contributed by atoms with E-state index in [0.29, 0.717) is 19.1 Å². The molecular weight excluding hydrogens is 468 g/mol. The maximum Gasteiger partial charge on any atom is 0.167 e. The van der Waals surface area contributed by atoms with Crippen molar-refractivity contribution in [1.29, 1.82) is 0 Å². The smallest absolute Gasteiger partial charge is 0.167 e. The second kappa shape index (κ2) is 12.2. The third-order valence-corrected chi connectivity index (χ3v) is 8.78. The summed E-state index contributed by atoms with van der Waals surface area (Å²) in [4.78, 5) is 30.8. The maximum atomic E-state index is 14.2. The Morgan fingerprint density at radius 3 is 1.95 bits per heavy atom. The number of rotatable bonds is 8. The van der Waals surface area contributed by atoms with E-state index in [-0.39, 0.29) is 29.3 Å². The van der Waals surface area contributed by atoms with Gasteiger partial charge in [-0.3, -0.25) is 9.59 Å². The minimum absolute atomic E-state index is 0.142. The zero-order valence-corrected chi connectivity index (χ0v) is 22.7. The number of hydrogen-bond acceptors (Lipinski definition) is 4. The molecule has 0 amide bonds. The fourth-order valence-electron chi connectivity index (χ4n) is 6.52. The molecule has 0 bridgehead atoms. The highest BCUT2D eigenvalue weighted by atomic mass is 16.1. The molecule has 0 aromatic heterocycles. The molecule has 3 aromatic rings. The van der Waals surface area contributed by atoms with Gasteiger partial charge in [-0.25, -0.2) is 0 Å². The lowest BCUT2D eigenvalue weighted by molar-refractivity contribution is 0.0561. The van der Waals surface area contributed by atoms with Crippen LogP contribution in [0.4, 0.5) is 0 Å². The van der Waals surface area contributed by atoms with Gasteiger partial charge in [0.2, 0.25) is 0 Å². The van der Waals surface area contributed by atoms with Gasteiger partial charge in [0.05, 0.1) is 0 Å². The summed E-state index contributed by atoms with van der Waals surface area (Å²) in [6.45, 7) is 7.60. The molecule has 4 nitrogen and oxygen atoms in total. The lowest BCUT2D eigenvalue weighted by atomic mass is 9.67. The van der Waals surface area contributed by atoms with E-state index < -0.39 is 0 Å². The first-order chi connectivity index (χ1) is 18.5. The summed E-state index contributed by atoms with van der Waals surface area (Å²) >= 11 is 0. The van der Waals surface area contributed by atoms with Gasteiger partial charge in [-0.15, -0.1) is 0 Å². The molecule has 2 aliphatic heterocycles. The van der Waals surface area contributed by atoms with Gasteiger partial charge < -0.3 is 10.2 Å². The van der Waals surface area contributed by atoms with Crippen molar-refractivity contribution in [3.63, 3.8) is 0 Å². The number of piperidine rings is 2. The highest BCUT2D eigenvalue weighted by molar-refractivity contribution is 6.02. The van der Waals surface area contributed by atoms with Crippen LogP contribution < -0.4 is 5.32 Å². The molecule has 4 heteroatoms. The molecule has 2 heterocycles. The van der Waals surface area contributed by atoms with Crippen LogP contribution in [0.5, 0.6) is 0 Å². The Bertz CT molecular complexity index is 1170. The number of ketones is 2. The highest BCUT2D eigenvalue weighted by Crippen LogP contribution is 2.42. The summed E-state index contributed by atoms with van der Waals surface area (Å²) in [6.07, 6.45) is 4.78. The van der Waals surface area contributed by atoms with E-state index in [2.05, 4.69) is 42.3 Å². The summed E-state index contributed by atoms with van der Waals surface area (Å²) in [5, 5.41) is 3.67. The fraction of sp³-hybridized carbons (Fsp3) is 0.412. The molecule has 2 fully saturated rings. The van der Waals surface area contributed by atoms with Crippen molar-refractivity contribution in [1.82, 2.24) is 10.2 Å². The highest BCUT2D eigenvalue weighted by Gasteiger charge is 2.45. The topological polar surface area (TPSA) is 49.4 Å². The molecule has 3 atom stereocenters. The lowest BCUT2D eigenvalue weighted by Gasteiger charge is -2.44. The average Bonchev–Trinajstić information content (AvgIpc) is 2.98. The average molecular weight is 509 g/mol. The van der Waals surface area contributed by atoms with E-state index in [1.807, 2.05) is 60.7 Å². The van der Waals surface area contributed by atoms with Crippen LogP contribution in [0, 0.1) is 25.7 Å². The van der Waals surface area contributed by atoms with Gasteiger partial charge in [0.1, 0.15) is 0 Å². The third-order valence-electron chi connectivity index (χ3n) is 8.78. The van der Waals surface area contributed by atoms with Gasteiger partial charge in [-0.05, 0) is 62.9 Å². The Labute approximate surface area is 227 Å². The summed E-state index contributed by atoms with van der Waals surface area (Å²) in [5.74, 6) is -0.461. The standard InChI is InChI=1S/C34H40N2O2/c1-24-12-11-18-29(25(24)2)32-30(33(37)26-13-5-3-6-14-26)22-36(21-19-28-17-9-10-20-35-28)23-31(32)34(38)27-15-7-4-8-16-27/h3-8,11-16,18,28,30-32,35H,9-10,17,19-23H2,1-2H3. The quantitative estimate of drug-likeness (QED) is 0.366. The van der Waals surface area contributed by atoms with E-state index in [9.17, 15) is 9.59 Å². The van der Waals surface area contributed by atoms with Gasteiger partial charge >= 0.3 is 0 Å². The number of carbonyl (C=O) groups is 2. The molecule has 2 aliphatic rings. The van der Waals surface area contributed by atoms with Crippen molar-refractivity contribution < 1.29 is 9.59 Å². The van der Waals surface area contributed by atoms with E-state index >= 15 is 0 Å². The molecule has 1 N–H and O–H groups in total. The van der Waals surface area contributed by atoms with Crippen LogP contribution in [0.3, 0.4) is 0 Å². The predicted molar refractivity (Wildman–Crippen MR) is 154 cm³/mol. The van der Waals surface area contributed by atoms with Gasteiger partial charge in [-0.2, -0.15) is 0 Å². The molecule has 5 rings (SSSR count). The van der Waals surface area contributed by atoms with E-state index in [1.165, 1.54) is 30.4 Å². The summed E-state index contributed by atoms with van der Waals surface area (Å²) in [6, 6.07) is 26.2. The van der Waals surface area contributed by atoms with Crippen molar-refractivity contribution in [2.45, 2.75) is 51.5 Å². The Morgan fingerprint density at radius 1 is 0.789 bits per heavy atom. The first-order valence-corrected chi connectivity index (χ1v) is 14.2. The Hall–Kier alpha value is -3.08. The van der Waals surface area contributed by atoms with E-state index in [4.69, 9.17) is 0 Å². The molecule has 0 spiro atoms. The van der Waals surface area contributed by atoms with E-state index in [0.717, 1.165) is 36.2 Å². The zero-order valence-electron chi connectivity index (χ0n) is 22.7. The first-order valence-electron chi connectivity index (χ1n) is 14.2. The van der Waals surface area contributed by atoms with Crippen LogP contribution in [0.1, 0.15) is 69.0 Å². The fourth-order valence-corrected chi connectivity index (χ4v) is 6.52. The van der Waals surface area contributed by atoms with Gasteiger partial charge in [-0.1, -0.05) is 85.3 Å². The molecule has 198 valence electrons. The van der Waals surface area contributed by atoms with Crippen molar-refractivity contribution in [2.75, 3.05) is 26.2 Å². The summed E-state index contributed by atoms with van der Waals surface area (Å²) < 4.78 is 0. The number of nitrogens with one attached hydrogen (secondary N) is 1. The van der Waals surface area contributed by atoms with Crippen LogP contribution in [-0.2, 0) is 0 Å². The Balaban J connectivity index is 1.54. The minimum atomic E-state index is -0.288. The normalized spacial score (nSPS) is 24.2. The summed E-state index contributed by atoms with van der Waals surface area (Å²) in [5.41, 5.74) is 4.99. The monoisotopic (exact) mass is 508 g/mol. The lowest BCUT2D eigenvalue weighted by Crippen LogP contribution is -2.51. The van der Waals surface area contributed by atoms with Crippen molar-refractivity contribution in [2.24, 2.45) is 11.8 Å². The number of hydrogen-bond donors (Lipinski definition) is 1. The Kier molecular flexibility index (Phi) is 8.51. The molecule has 0 saturated carbocycles. The zero-order chi connectivity index (χ0) is 26.5. The van der Waals surface area contributed by atoms with Crippen molar-refractivity contribution >= 4 is 11.6 Å². The maximum absolute atomic E-state index is 14.2. The van der Waals surface area contributed by atoms with Gasteiger partial charge in [0, 0.05) is 48.0 Å². The molecule has 0 aliphatic carbocycles. The minimum Gasteiger partial charge on any atom is -0.314 e. The van der Waals surface area contributed by atoms with Crippen LogP contribution in [0.2, 0.25) is 0 Å². The molecule has 3 unspecified atom stereocenters. The van der Waals surface area contributed by atoms with Crippen LogP contribution in [0.25, 0.3) is 0 Å². The largest absolute Gasteiger partial charge is 0.314 e. The van der Waals surface area contributed by atoms with Crippen LogP contribution in [0.15, 0.2) is 78.9 Å². The second-order valence-electron chi connectivity index (χ2n) is 11.2. The number of likely N-dealkylation sites (tertiary alicyclic amines) is 1. The third kappa shape index (κ3) is 5.82. The second-order valence-corrected chi connectivity index (χ2v) is 11.2. The molecule has 0 radical (unpaired) electrons. The summed E-state index contributed by atoms with van der Waals surface area (Å²) in [7, 11) is 0. The van der Waals surface area contributed by atoms with Crippen molar-refractivity contribution in [3.8, 4) is 0 Å². The van der Waals surface area contributed by atoms with Crippen molar-refractivity contribution in [3.05, 3.63) is 107 Å². The number of aryl methyl sites for hydroxylation is 1. The molecule has 2 saturated heterocycles. The molecular formula is C34H40N2O2. The van der Waals surface area contributed by atoms with Gasteiger partial charge in [0.15, 0.2) is 11.6 Å². The molecule has 38 heavy (non-hydrogen) atoms. The van der Waals surface area contributed by atoms with Crippen LogP contribution in [-0.4, -0.2) is 48.7 Å². The SMILES string of the molecule is Cc1cccc(C2C(C(=O)c3ccccc3)CN(CCC3CCCCN3)CC2C(=O)c2ccccc2)c1C. The van der Waals surface area contributed by atoms with Crippen LogP contribution >= 0.6 is 0 Å². The first kappa shape index (κ1) is 26.5.